The highest BCUT2D eigenvalue weighted by Gasteiger charge is 2.05. The summed E-state index contributed by atoms with van der Waals surface area (Å²) in [4.78, 5) is 10.4. The number of carboxylic acid groups (broad SMARTS) is 1. The van der Waals surface area contributed by atoms with Crippen LogP contribution < -0.4 is 9.47 Å². The first-order chi connectivity index (χ1) is 8.74. The topological polar surface area (TPSA) is 55.8 Å². The monoisotopic (exact) mass is 252 g/mol. The van der Waals surface area contributed by atoms with Crippen LogP contribution >= 0.6 is 0 Å². The van der Waals surface area contributed by atoms with E-state index < -0.39 is 5.97 Å². The zero-order valence-electron chi connectivity index (χ0n) is 10.7. The van der Waals surface area contributed by atoms with Crippen molar-refractivity contribution in [1.29, 1.82) is 0 Å². The molecule has 0 aliphatic heterocycles. The van der Waals surface area contributed by atoms with E-state index in [0.29, 0.717) is 18.1 Å². The van der Waals surface area contributed by atoms with Gasteiger partial charge in [-0.2, -0.15) is 0 Å². The Morgan fingerprint density at radius 1 is 1.11 bits per heavy atom. The molecule has 18 heavy (non-hydrogen) atoms. The average Bonchev–Trinajstić information content (AvgIpc) is 2.36. The molecule has 1 aromatic rings. The van der Waals surface area contributed by atoms with Gasteiger partial charge in [0.05, 0.1) is 19.6 Å². The summed E-state index contributed by atoms with van der Waals surface area (Å²) in [5, 5.41) is 8.55. The summed E-state index contributed by atoms with van der Waals surface area (Å²) in [5.74, 6) is 0.422. The van der Waals surface area contributed by atoms with Gasteiger partial charge in [0.15, 0.2) is 11.5 Å². The summed E-state index contributed by atoms with van der Waals surface area (Å²) in [7, 11) is 0. The molecule has 0 atom stereocenters. The molecule has 0 aliphatic rings. The summed E-state index contributed by atoms with van der Waals surface area (Å²) in [6, 6.07) is 7.34. The van der Waals surface area contributed by atoms with Gasteiger partial charge >= 0.3 is 5.97 Å². The number of carbonyl (C=O) groups is 1. The van der Waals surface area contributed by atoms with Crippen molar-refractivity contribution < 1.29 is 19.4 Å². The third-order valence-electron chi connectivity index (χ3n) is 2.43. The molecule has 1 rings (SSSR count). The maximum absolute atomic E-state index is 10.4. The molecular weight excluding hydrogens is 232 g/mol. The van der Waals surface area contributed by atoms with Crippen LogP contribution in [0.5, 0.6) is 11.5 Å². The Kier molecular flexibility index (Phi) is 6.69. The summed E-state index contributed by atoms with van der Waals surface area (Å²) >= 11 is 0. The number of hydrogen-bond acceptors (Lipinski definition) is 3. The number of aliphatic carboxylic acids is 1. The Hall–Kier alpha value is -1.71. The first-order valence-corrected chi connectivity index (χ1v) is 6.30. The molecule has 0 aromatic heterocycles. The highest BCUT2D eigenvalue weighted by molar-refractivity contribution is 5.66. The summed E-state index contributed by atoms with van der Waals surface area (Å²) < 4.78 is 11.0. The van der Waals surface area contributed by atoms with Gasteiger partial charge < -0.3 is 14.6 Å². The molecule has 0 radical (unpaired) electrons. The van der Waals surface area contributed by atoms with Crippen molar-refractivity contribution in [2.45, 2.75) is 32.6 Å². The van der Waals surface area contributed by atoms with Crippen LogP contribution in [0.1, 0.15) is 32.6 Å². The minimum Gasteiger partial charge on any atom is -0.490 e. The summed E-state index contributed by atoms with van der Waals surface area (Å²) in [6.45, 7) is 2.96. The second-order valence-corrected chi connectivity index (χ2v) is 3.99. The van der Waals surface area contributed by atoms with Crippen LogP contribution in [-0.2, 0) is 4.79 Å². The van der Waals surface area contributed by atoms with Gasteiger partial charge in [-0.25, -0.2) is 0 Å². The zero-order valence-corrected chi connectivity index (χ0v) is 10.7. The number of para-hydroxylation sites is 2. The van der Waals surface area contributed by atoms with Crippen LogP contribution in [-0.4, -0.2) is 24.3 Å². The molecule has 0 saturated heterocycles. The minimum absolute atomic E-state index is 0.00975. The molecule has 0 unspecified atom stereocenters. The lowest BCUT2D eigenvalue weighted by Gasteiger charge is -2.11. The standard InChI is InChI=1S/C14H20O4/c1-2-3-6-10-17-12-7-4-5-8-13(12)18-11-9-14(15)16/h4-5,7-8H,2-3,6,9-11H2,1H3,(H,15,16). The predicted molar refractivity (Wildman–Crippen MR) is 69.2 cm³/mol. The van der Waals surface area contributed by atoms with Crippen molar-refractivity contribution in [3.8, 4) is 11.5 Å². The van der Waals surface area contributed by atoms with E-state index in [0.717, 1.165) is 19.3 Å². The Morgan fingerprint density at radius 2 is 1.72 bits per heavy atom. The largest absolute Gasteiger partial charge is 0.490 e. The number of rotatable bonds is 9. The zero-order chi connectivity index (χ0) is 13.2. The number of ether oxygens (including phenoxy) is 2. The van der Waals surface area contributed by atoms with E-state index >= 15 is 0 Å². The third-order valence-corrected chi connectivity index (χ3v) is 2.43. The SMILES string of the molecule is CCCCCOc1ccccc1OCCC(=O)O. The quantitative estimate of drug-likeness (QED) is 0.686. The van der Waals surface area contributed by atoms with Gasteiger partial charge in [-0.05, 0) is 18.6 Å². The molecule has 0 aliphatic carbocycles. The number of hydrogen-bond donors (Lipinski definition) is 1. The van der Waals surface area contributed by atoms with E-state index in [4.69, 9.17) is 14.6 Å². The van der Waals surface area contributed by atoms with E-state index in [1.54, 1.807) is 6.07 Å². The number of carboxylic acids is 1. The Morgan fingerprint density at radius 3 is 2.28 bits per heavy atom. The molecule has 0 bridgehead atoms. The normalized spacial score (nSPS) is 10.1. The molecule has 1 N–H and O–H groups in total. The van der Waals surface area contributed by atoms with Gasteiger partial charge in [0.1, 0.15) is 0 Å². The molecule has 0 saturated carbocycles. The highest BCUT2D eigenvalue weighted by atomic mass is 16.5. The van der Waals surface area contributed by atoms with Crippen molar-refractivity contribution in [3.63, 3.8) is 0 Å². The predicted octanol–water partition coefficient (Wildman–Crippen LogP) is 3.11. The van der Waals surface area contributed by atoms with Crippen LogP contribution in [0.4, 0.5) is 0 Å². The lowest BCUT2D eigenvalue weighted by atomic mass is 10.2. The minimum atomic E-state index is -0.864. The summed E-state index contributed by atoms with van der Waals surface area (Å²) in [5.41, 5.74) is 0. The molecule has 0 amide bonds. The van der Waals surface area contributed by atoms with Crippen molar-refractivity contribution in [2.75, 3.05) is 13.2 Å². The Balaban J connectivity index is 2.43. The molecule has 100 valence electrons. The van der Waals surface area contributed by atoms with E-state index in [-0.39, 0.29) is 13.0 Å². The van der Waals surface area contributed by atoms with Crippen LogP contribution in [0.15, 0.2) is 24.3 Å². The maximum Gasteiger partial charge on any atom is 0.306 e. The molecule has 0 spiro atoms. The lowest BCUT2D eigenvalue weighted by Crippen LogP contribution is -2.06. The third kappa shape index (κ3) is 5.57. The number of benzene rings is 1. The Bertz CT molecular complexity index is 363. The van der Waals surface area contributed by atoms with Crippen LogP contribution in [0.25, 0.3) is 0 Å². The molecule has 0 heterocycles. The Labute approximate surface area is 108 Å². The molecule has 1 aromatic carbocycles. The van der Waals surface area contributed by atoms with Crippen LogP contribution in [0.2, 0.25) is 0 Å². The molecule has 4 heteroatoms. The first kappa shape index (κ1) is 14.4. The average molecular weight is 252 g/mol. The van der Waals surface area contributed by atoms with E-state index in [9.17, 15) is 4.79 Å². The van der Waals surface area contributed by atoms with Crippen molar-refractivity contribution >= 4 is 5.97 Å². The van der Waals surface area contributed by atoms with Crippen molar-refractivity contribution in [1.82, 2.24) is 0 Å². The van der Waals surface area contributed by atoms with Crippen LogP contribution in [0.3, 0.4) is 0 Å². The van der Waals surface area contributed by atoms with E-state index in [2.05, 4.69) is 6.92 Å². The van der Waals surface area contributed by atoms with E-state index in [1.807, 2.05) is 18.2 Å². The van der Waals surface area contributed by atoms with Crippen LogP contribution in [0, 0.1) is 0 Å². The molecule has 0 fully saturated rings. The lowest BCUT2D eigenvalue weighted by molar-refractivity contribution is -0.137. The highest BCUT2D eigenvalue weighted by Crippen LogP contribution is 2.26. The number of unbranched alkanes of at least 4 members (excludes halogenated alkanes) is 2. The second kappa shape index (κ2) is 8.39. The van der Waals surface area contributed by atoms with Gasteiger partial charge in [0, 0.05) is 0 Å². The van der Waals surface area contributed by atoms with Gasteiger partial charge in [-0.1, -0.05) is 31.9 Å². The first-order valence-electron chi connectivity index (χ1n) is 6.30. The molecule has 4 nitrogen and oxygen atoms in total. The smallest absolute Gasteiger partial charge is 0.306 e. The fourth-order valence-corrected chi connectivity index (χ4v) is 1.47. The van der Waals surface area contributed by atoms with Gasteiger partial charge in [0.25, 0.3) is 0 Å². The summed E-state index contributed by atoms with van der Waals surface area (Å²) in [6.07, 6.45) is 3.30. The van der Waals surface area contributed by atoms with E-state index in [1.165, 1.54) is 0 Å². The van der Waals surface area contributed by atoms with Gasteiger partial charge in [-0.3, -0.25) is 4.79 Å². The van der Waals surface area contributed by atoms with Crippen molar-refractivity contribution in [3.05, 3.63) is 24.3 Å². The van der Waals surface area contributed by atoms with Gasteiger partial charge in [0.2, 0.25) is 0 Å². The van der Waals surface area contributed by atoms with Crippen molar-refractivity contribution in [2.24, 2.45) is 0 Å². The maximum atomic E-state index is 10.4. The van der Waals surface area contributed by atoms with Gasteiger partial charge in [-0.15, -0.1) is 0 Å². The fourth-order valence-electron chi connectivity index (χ4n) is 1.47. The molecular formula is C14H20O4. The fraction of sp³-hybridized carbons (Fsp3) is 0.500. The second-order valence-electron chi connectivity index (χ2n) is 3.99.